The van der Waals surface area contributed by atoms with Crippen molar-refractivity contribution in [1.82, 2.24) is 20.1 Å². The molecule has 1 amide bonds. The molecule has 1 aromatic heterocycles. The van der Waals surface area contributed by atoms with Gasteiger partial charge in [-0.15, -0.1) is 0 Å². The van der Waals surface area contributed by atoms with Crippen molar-refractivity contribution < 1.29 is 4.79 Å². The third kappa shape index (κ3) is 3.90. The van der Waals surface area contributed by atoms with E-state index in [1.54, 1.807) is 6.20 Å². The predicted octanol–water partition coefficient (Wildman–Crippen LogP) is 1.82. The van der Waals surface area contributed by atoms with Crippen molar-refractivity contribution in [3.63, 3.8) is 0 Å². The summed E-state index contributed by atoms with van der Waals surface area (Å²) in [6, 6.07) is 5.99. The van der Waals surface area contributed by atoms with Crippen molar-refractivity contribution in [3.8, 4) is 0 Å². The van der Waals surface area contributed by atoms with Crippen molar-refractivity contribution >= 4 is 5.91 Å². The Morgan fingerprint density at radius 1 is 1.22 bits per heavy atom. The zero-order valence-electron chi connectivity index (χ0n) is 14.1. The predicted molar refractivity (Wildman–Crippen MR) is 91.1 cm³/mol. The third-order valence-corrected chi connectivity index (χ3v) is 5.00. The number of likely N-dealkylation sites (tertiary alicyclic amines) is 1. The van der Waals surface area contributed by atoms with Gasteiger partial charge in [0.05, 0.1) is 5.69 Å². The first-order chi connectivity index (χ1) is 11.3. The Bertz CT molecular complexity index is 499. The molecule has 126 valence electrons. The molecule has 0 spiro atoms. The zero-order chi connectivity index (χ0) is 16.1. The van der Waals surface area contributed by atoms with E-state index in [1.807, 2.05) is 18.2 Å². The average molecular weight is 316 g/mol. The fourth-order valence-electron chi connectivity index (χ4n) is 3.68. The molecule has 2 saturated heterocycles. The highest BCUT2D eigenvalue weighted by molar-refractivity contribution is 5.83. The Labute approximate surface area is 139 Å². The highest BCUT2D eigenvalue weighted by Crippen LogP contribution is 2.26. The maximum atomic E-state index is 13.3. The van der Waals surface area contributed by atoms with E-state index in [0.29, 0.717) is 6.04 Å². The molecule has 2 aliphatic rings. The number of hydrogen-bond donors (Lipinski definition) is 1. The summed E-state index contributed by atoms with van der Waals surface area (Å²) in [7, 11) is 0. The molecule has 2 unspecified atom stereocenters. The van der Waals surface area contributed by atoms with Crippen molar-refractivity contribution in [3.05, 3.63) is 30.1 Å². The van der Waals surface area contributed by atoms with Crippen LogP contribution in [-0.4, -0.2) is 59.5 Å². The number of amides is 1. The van der Waals surface area contributed by atoms with E-state index in [-0.39, 0.29) is 11.9 Å². The molecule has 0 radical (unpaired) electrons. The van der Waals surface area contributed by atoms with Crippen LogP contribution in [-0.2, 0) is 4.79 Å². The molecular formula is C18H28N4O. The summed E-state index contributed by atoms with van der Waals surface area (Å²) >= 11 is 0. The minimum atomic E-state index is -0.244. The maximum absolute atomic E-state index is 13.3. The van der Waals surface area contributed by atoms with Crippen LogP contribution in [0.15, 0.2) is 24.4 Å². The number of nitrogens with zero attached hydrogens (tertiary/aromatic N) is 3. The van der Waals surface area contributed by atoms with Crippen LogP contribution in [0.1, 0.15) is 44.3 Å². The molecule has 2 fully saturated rings. The molecule has 23 heavy (non-hydrogen) atoms. The molecule has 3 heterocycles. The topological polar surface area (TPSA) is 48.5 Å². The van der Waals surface area contributed by atoms with E-state index in [9.17, 15) is 4.79 Å². The van der Waals surface area contributed by atoms with Gasteiger partial charge in [0.25, 0.3) is 0 Å². The highest BCUT2D eigenvalue weighted by Gasteiger charge is 2.35. The van der Waals surface area contributed by atoms with E-state index in [1.165, 1.54) is 12.8 Å². The van der Waals surface area contributed by atoms with E-state index < -0.39 is 0 Å². The minimum Gasteiger partial charge on any atom is -0.341 e. The van der Waals surface area contributed by atoms with Crippen LogP contribution >= 0.6 is 0 Å². The Balaban J connectivity index is 1.86. The van der Waals surface area contributed by atoms with Crippen LogP contribution in [0.2, 0.25) is 0 Å². The van der Waals surface area contributed by atoms with Gasteiger partial charge in [-0.3, -0.25) is 14.7 Å². The van der Waals surface area contributed by atoms with E-state index in [0.717, 1.165) is 51.3 Å². The maximum Gasteiger partial charge on any atom is 0.246 e. The lowest BCUT2D eigenvalue weighted by molar-refractivity contribution is -0.138. The van der Waals surface area contributed by atoms with Gasteiger partial charge >= 0.3 is 0 Å². The molecule has 2 aliphatic heterocycles. The Morgan fingerprint density at radius 3 is 2.65 bits per heavy atom. The van der Waals surface area contributed by atoms with E-state index in [4.69, 9.17) is 0 Å². The average Bonchev–Trinajstić information content (AvgIpc) is 2.87. The normalized spacial score (nSPS) is 24.9. The van der Waals surface area contributed by atoms with Crippen molar-refractivity contribution in [2.45, 2.75) is 44.7 Å². The molecular weight excluding hydrogens is 288 g/mol. The SMILES string of the molecule is CC1CNCCN1C(C(=O)N1CCCCCC1)c1ccccn1. The van der Waals surface area contributed by atoms with E-state index in [2.05, 4.69) is 27.0 Å². The van der Waals surface area contributed by atoms with E-state index >= 15 is 0 Å². The van der Waals surface area contributed by atoms with Gasteiger partial charge in [-0.05, 0) is 31.9 Å². The van der Waals surface area contributed by atoms with Crippen molar-refractivity contribution in [2.75, 3.05) is 32.7 Å². The van der Waals surface area contributed by atoms with Crippen LogP contribution in [0.25, 0.3) is 0 Å². The summed E-state index contributed by atoms with van der Waals surface area (Å²) in [5, 5.41) is 3.41. The number of carbonyl (C=O) groups excluding carboxylic acids is 1. The Hall–Kier alpha value is -1.46. The molecule has 5 nitrogen and oxygen atoms in total. The molecule has 1 N–H and O–H groups in total. The van der Waals surface area contributed by atoms with Crippen LogP contribution in [0.5, 0.6) is 0 Å². The second-order valence-electron chi connectivity index (χ2n) is 6.69. The van der Waals surface area contributed by atoms with Gasteiger partial charge in [0.2, 0.25) is 5.91 Å². The summed E-state index contributed by atoms with van der Waals surface area (Å²) in [4.78, 5) is 22.2. The number of rotatable bonds is 3. The summed E-state index contributed by atoms with van der Waals surface area (Å²) in [6.45, 7) is 6.72. The molecule has 0 bridgehead atoms. The molecule has 0 saturated carbocycles. The Kier molecular flexibility index (Phi) is 5.62. The Morgan fingerprint density at radius 2 is 2.00 bits per heavy atom. The van der Waals surface area contributed by atoms with Gasteiger partial charge in [-0.1, -0.05) is 18.9 Å². The number of carbonyl (C=O) groups is 1. The first-order valence-electron chi connectivity index (χ1n) is 8.93. The standard InChI is InChI=1S/C18H28N4O/c1-15-14-19-10-13-22(15)17(16-8-4-5-9-20-16)18(23)21-11-6-2-3-7-12-21/h4-5,8-9,15,17,19H,2-3,6-7,10-14H2,1H3. The number of aromatic nitrogens is 1. The molecule has 5 heteroatoms. The fourth-order valence-corrected chi connectivity index (χ4v) is 3.68. The largest absolute Gasteiger partial charge is 0.341 e. The van der Waals surface area contributed by atoms with Gasteiger partial charge < -0.3 is 10.2 Å². The lowest BCUT2D eigenvalue weighted by Crippen LogP contribution is -2.55. The summed E-state index contributed by atoms with van der Waals surface area (Å²) in [5.41, 5.74) is 0.885. The van der Waals surface area contributed by atoms with Gasteiger partial charge in [-0.25, -0.2) is 0 Å². The van der Waals surface area contributed by atoms with Gasteiger partial charge in [0.1, 0.15) is 6.04 Å². The lowest BCUT2D eigenvalue weighted by Gasteiger charge is -2.40. The highest BCUT2D eigenvalue weighted by atomic mass is 16.2. The first-order valence-corrected chi connectivity index (χ1v) is 8.93. The second-order valence-corrected chi connectivity index (χ2v) is 6.69. The molecule has 0 aliphatic carbocycles. The summed E-state index contributed by atoms with van der Waals surface area (Å²) in [6.07, 6.45) is 6.52. The van der Waals surface area contributed by atoms with Crippen molar-refractivity contribution in [1.29, 1.82) is 0 Å². The zero-order valence-corrected chi connectivity index (χ0v) is 14.1. The summed E-state index contributed by atoms with van der Waals surface area (Å²) in [5.74, 6) is 0.236. The summed E-state index contributed by atoms with van der Waals surface area (Å²) < 4.78 is 0. The molecule has 3 rings (SSSR count). The number of hydrogen-bond acceptors (Lipinski definition) is 4. The fraction of sp³-hybridized carbons (Fsp3) is 0.667. The monoisotopic (exact) mass is 316 g/mol. The molecule has 1 aromatic rings. The quantitative estimate of drug-likeness (QED) is 0.924. The number of pyridine rings is 1. The molecule has 0 aromatic carbocycles. The van der Waals surface area contributed by atoms with Crippen LogP contribution in [0.3, 0.4) is 0 Å². The number of nitrogens with one attached hydrogen (secondary N) is 1. The third-order valence-electron chi connectivity index (χ3n) is 5.00. The van der Waals surface area contributed by atoms with Crippen LogP contribution in [0.4, 0.5) is 0 Å². The smallest absolute Gasteiger partial charge is 0.246 e. The lowest BCUT2D eigenvalue weighted by atomic mass is 10.0. The van der Waals surface area contributed by atoms with Crippen LogP contribution < -0.4 is 5.32 Å². The van der Waals surface area contributed by atoms with Crippen LogP contribution in [0, 0.1) is 0 Å². The van der Waals surface area contributed by atoms with Gasteiger partial charge in [-0.2, -0.15) is 0 Å². The minimum absolute atomic E-state index is 0.236. The van der Waals surface area contributed by atoms with Gasteiger partial charge in [0, 0.05) is 45.0 Å². The second kappa shape index (κ2) is 7.88. The first kappa shape index (κ1) is 16.4. The van der Waals surface area contributed by atoms with Crippen molar-refractivity contribution in [2.24, 2.45) is 0 Å². The molecule has 2 atom stereocenters. The van der Waals surface area contributed by atoms with Gasteiger partial charge in [0.15, 0.2) is 0 Å². The number of piperazine rings is 1.